The van der Waals surface area contributed by atoms with Gasteiger partial charge in [0.15, 0.2) is 0 Å². The fourth-order valence-corrected chi connectivity index (χ4v) is 4.08. The van der Waals surface area contributed by atoms with Gasteiger partial charge in [-0.15, -0.1) is 11.3 Å². The lowest BCUT2D eigenvalue weighted by molar-refractivity contribution is -0.134. The molecule has 2 N–H and O–H groups in total. The number of benzene rings is 1. The maximum atomic E-state index is 12.3. The molecule has 0 spiro atoms. The molecule has 0 unspecified atom stereocenters. The molecule has 0 radical (unpaired) electrons. The normalized spacial score (nSPS) is 17.4. The Hall–Kier alpha value is -1.37. The second kappa shape index (κ2) is 6.17. The molecule has 6 heteroatoms. The molecule has 1 aliphatic rings. The van der Waals surface area contributed by atoms with Crippen molar-refractivity contribution in [3.05, 3.63) is 35.8 Å². The number of carbonyl (C=O) groups is 1. The van der Waals surface area contributed by atoms with Crippen LogP contribution in [0.25, 0.3) is 10.6 Å². The molecule has 3 rings (SSSR count). The van der Waals surface area contributed by atoms with Crippen molar-refractivity contribution in [1.29, 1.82) is 0 Å². The molecule has 2 heterocycles. The first-order chi connectivity index (χ1) is 10.2. The lowest BCUT2D eigenvalue weighted by atomic mass is 9.95. The van der Waals surface area contributed by atoms with Crippen molar-refractivity contribution in [3.8, 4) is 10.6 Å². The van der Waals surface area contributed by atoms with Crippen LogP contribution in [0.3, 0.4) is 0 Å². The zero-order valence-corrected chi connectivity index (χ0v) is 13.0. The predicted octanol–water partition coefficient (Wildman–Crippen LogP) is 3.01. The standard InChI is InChI=1S/C15H16N2O2S2/c18-14(15(19)4-7-20-8-5-15)17-12-3-1-2-11(10-12)13-16-6-9-21-13/h1-3,6,9-10,19H,4-5,7-8H2,(H,17,18). The molecule has 1 amide bonds. The van der Waals surface area contributed by atoms with Crippen LogP contribution < -0.4 is 5.32 Å². The summed E-state index contributed by atoms with van der Waals surface area (Å²) in [5.74, 6) is 1.34. The maximum absolute atomic E-state index is 12.3. The van der Waals surface area contributed by atoms with Gasteiger partial charge in [-0.25, -0.2) is 4.98 Å². The second-order valence-electron chi connectivity index (χ2n) is 5.02. The summed E-state index contributed by atoms with van der Waals surface area (Å²) in [6, 6.07) is 7.56. The van der Waals surface area contributed by atoms with Gasteiger partial charge in [-0.1, -0.05) is 12.1 Å². The molecule has 1 fully saturated rings. The maximum Gasteiger partial charge on any atom is 0.256 e. The van der Waals surface area contributed by atoms with Gasteiger partial charge in [0.25, 0.3) is 5.91 Å². The van der Waals surface area contributed by atoms with Gasteiger partial charge in [0.2, 0.25) is 0 Å². The SMILES string of the molecule is O=C(Nc1cccc(-c2nccs2)c1)C1(O)CCSCC1. The molecule has 1 aromatic heterocycles. The number of thiazole rings is 1. The summed E-state index contributed by atoms with van der Waals surface area (Å²) >= 11 is 3.33. The van der Waals surface area contributed by atoms with E-state index in [1.54, 1.807) is 29.3 Å². The van der Waals surface area contributed by atoms with E-state index in [2.05, 4.69) is 10.3 Å². The Balaban J connectivity index is 1.76. The van der Waals surface area contributed by atoms with Crippen molar-refractivity contribution in [1.82, 2.24) is 4.98 Å². The Kier molecular flexibility index (Phi) is 4.28. The van der Waals surface area contributed by atoms with E-state index in [9.17, 15) is 9.90 Å². The topological polar surface area (TPSA) is 62.2 Å². The molecular formula is C15H16N2O2S2. The molecule has 0 bridgehead atoms. The van der Waals surface area contributed by atoms with Crippen LogP contribution in [0.15, 0.2) is 35.8 Å². The van der Waals surface area contributed by atoms with Gasteiger partial charge in [0.1, 0.15) is 10.6 Å². The van der Waals surface area contributed by atoms with Crippen molar-refractivity contribution in [3.63, 3.8) is 0 Å². The molecule has 110 valence electrons. The number of nitrogens with one attached hydrogen (secondary N) is 1. The number of aromatic nitrogens is 1. The van der Waals surface area contributed by atoms with Gasteiger partial charge < -0.3 is 10.4 Å². The van der Waals surface area contributed by atoms with Crippen LogP contribution in [-0.4, -0.2) is 33.1 Å². The minimum atomic E-state index is -1.23. The Morgan fingerprint density at radius 1 is 1.33 bits per heavy atom. The number of nitrogens with zero attached hydrogens (tertiary/aromatic N) is 1. The van der Waals surface area contributed by atoms with Crippen molar-refractivity contribution in [2.24, 2.45) is 0 Å². The number of amides is 1. The molecule has 0 atom stereocenters. The monoisotopic (exact) mass is 320 g/mol. The third-order valence-electron chi connectivity index (χ3n) is 3.54. The van der Waals surface area contributed by atoms with Gasteiger partial charge in [-0.3, -0.25) is 4.79 Å². The van der Waals surface area contributed by atoms with Gasteiger partial charge in [0.05, 0.1) is 0 Å². The predicted molar refractivity (Wildman–Crippen MR) is 87.7 cm³/mol. The number of carbonyl (C=O) groups excluding carboxylic acids is 1. The number of aliphatic hydroxyl groups is 1. The third kappa shape index (κ3) is 3.28. The Morgan fingerprint density at radius 3 is 2.86 bits per heavy atom. The van der Waals surface area contributed by atoms with Crippen LogP contribution in [0.5, 0.6) is 0 Å². The van der Waals surface area contributed by atoms with E-state index in [-0.39, 0.29) is 5.91 Å². The highest BCUT2D eigenvalue weighted by Gasteiger charge is 2.37. The highest BCUT2D eigenvalue weighted by atomic mass is 32.2. The first kappa shape index (κ1) is 14.6. The number of thioether (sulfide) groups is 1. The third-order valence-corrected chi connectivity index (χ3v) is 5.35. The van der Waals surface area contributed by atoms with Gasteiger partial charge in [0, 0.05) is 22.8 Å². The summed E-state index contributed by atoms with van der Waals surface area (Å²) < 4.78 is 0. The molecule has 1 aromatic carbocycles. The van der Waals surface area contributed by atoms with E-state index < -0.39 is 5.60 Å². The zero-order valence-electron chi connectivity index (χ0n) is 11.4. The molecule has 2 aromatic rings. The van der Waals surface area contributed by atoms with E-state index in [1.807, 2.05) is 29.6 Å². The first-order valence-electron chi connectivity index (χ1n) is 6.79. The van der Waals surface area contributed by atoms with Crippen LogP contribution in [0.1, 0.15) is 12.8 Å². The van der Waals surface area contributed by atoms with E-state index >= 15 is 0 Å². The smallest absolute Gasteiger partial charge is 0.256 e. The number of rotatable bonds is 3. The van der Waals surface area contributed by atoms with Crippen molar-refractivity contribution in [2.75, 3.05) is 16.8 Å². The van der Waals surface area contributed by atoms with Gasteiger partial charge >= 0.3 is 0 Å². The van der Waals surface area contributed by atoms with E-state index in [0.717, 1.165) is 22.1 Å². The van der Waals surface area contributed by atoms with Crippen LogP contribution in [-0.2, 0) is 4.79 Å². The highest BCUT2D eigenvalue weighted by molar-refractivity contribution is 7.99. The zero-order chi connectivity index (χ0) is 14.7. The summed E-state index contributed by atoms with van der Waals surface area (Å²) in [5, 5.41) is 16.1. The van der Waals surface area contributed by atoms with Crippen molar-refractivity contribution < 1.29 is 9.90 Å². The average molecular weight is 320 g/mol. The minimum Gasteiger partial charge on any atom is -0.380 e. The molecular weight excluding hydrogens is 304 g/mol. The van der Waals surface area contributed by atoms with Crippen molar-refractivity contribution in [2.45, 2.75) is 18.4 Å². The largest absolute Gasteiger partial charge is 0.380 e. The molecule has 1 saturated heterocycles. The Morgan fingerprint density at radius 2 is 2.14 bits per heavy atom. The lowest BCUT2D eigenvalue weighted by Crippen LogP contribution is -2.45. The van der Waals surface area contributed by atoms with E-state index in [0.29, 0.717) is 18.5 Å². The number of hydrogen-bond acceptors (Lipinski definition) is 5. The van der Waals surface area contributed by atoms with Gasteiger partial charge in [-0.2, -0.15) is 11.8 Å². The lowest BCUT2D eigenvalue weighted by Gasteiger charge is -2.30. The Bertz CT molecular complexity index is 622. The molecule has 0 saturated carbocycles. The number of hydrogen-bond donors (Lipinski definition) is 2. The summed E-state index contributed by atoms with van der Waals surface area (Å²) in [6.45, 7) is 0. The highest BCUT2D eigenvalue weighted by Crippen LogP contribution is 2.29. The molecule has 0 aliphatic carbocycles. The Labute approximate surface area is 131 Å². The average Bonchev–Trinajstić information content (AvgIpc) is 3.02. The van der Waals surface area contributed by atoms with Crippen LogP contribution in [0, 0.1) is 0 Å². The number of anilines is 1. The van der Waals surface area contributed by atoms with Gasteiger partial charge in [-0.05, 0) is 36.5 Å². The molecule has 1 aliphatic heterocycles. The summed E-state index contributed by atoms with van der Waals surface area (Å²) in [6.07, 6.45) is 2.78. The molecule has 4 nitrogen and oxygen atoms in total. The first-order valence-corrected chi connectivity index (χ1v) is 8.82. The fraction of sp³-hybridized carbons (Fsp3) is 0.333. The molecule has 21 heavy (non-hydrogen) atoms. The minimum absolute atomic E-state index is 0.306. The van der Waals surface area contributed by atoms with Crippen LogP contribution >= 0.6 is 23.1 Å². The fourth-order valence-electron chi connectivity index (χ4n) is 2.28. The summed E-state index contributed by atoms with van der Waals surface area (Å²) in [7, 11) is 0. The van der Waals surface area contributed by atoms with Crippen LogP contribution in [0.2, 0.25) is 0 Å². The van der Waals surface area contributed by atoms with E-state index in [1.165, 1.54) is 0 Å². The summed E-state index contributed by atoms with van der Waals surface area (Å²) in [4.78, 5) is 16.6. The second-order valence-corrected chi connectivity index (χ2v) is 7.14. The van der Waals surface area contributed by atoms with Crippen molar-refractivity contribution >= 4 is 34.7 Å². The van der Waals surface area contributed by atoms with E-state index in [4.69, 9.17) is 0 Å². The quantitative estimate of drug-likeness (QED) is 0.912. The summed E-state index contributed by atoms with van der Waals surface area (Å²) in [5.41, 5.74) is 0.427. The van der Waals surface area contributed by atoms with Crippen LogP contribution in [0.4, 0.5) is 5.69 Å².